The topological polar surface area (TPSA) is 142 Å². The molecule has 9 nitrogen and oxygen atoms in total. The van der Waals surface area contributed by atoms with Crippen molar-refractivity contribution in [3.05, 3.63) is 84.4 Å². The van der Waals surface area contributed by atoms with E-state index in [0.29, 0.717) is 0 Å². The van der Waals surface area contributed by atoms with Gasteiger partial charge in [0.15, 0.2) is 23.3 Å². The van der Waals surface area contributed by atoms with Gasteiger partial charge in [0.05, 0.1) is 13.2 Å². The number of carbonyl (C=O) groups excluding carboxylic acids is 3. The van der Waals surface area contributed by atoms with Crippen molar-refractivity contribution in [2.24, 2.45) is 0 Å². The molecule has 2 aromatic rings. The minimum atomic E-state index is -3.00. The van der Waals surface area contributed by atoms with Crippen molar-refractivity contribution in [3.63, 3.8) is 0 Å². The molecule has 0 aliphatic carbocycles. The molecule has 34 heavy (non-hydrogen) atoms. The van der Waals surface area contributed by atoms with Crippen LogP contribution in [0.3, 0.4) is 0 Å². The van der Waals surface area contributed by atoms with Gasteiger partial charge in [0.2, 0.25) is 11.7 Å². The second kappa shape index (κ2) is 10.4. The third kappa shape index (κ3) is 4.31. The number of aliphatic hydroxyl groups is 3. The van der Waals surface area contributed by atoms with E-state index in [1.807, 2.05) is 0 Å². The van der Waals surface area contributed by atoms with Gasteiger partial charge in [-0.05, 0) is 0 Å². The van der Waals surface area contributed by atoms with Gasteiger partial charge in [-0.25, -0.2) is 0 Å². The van der Waals surface area contributed by atoms with Crippen LogP contribution in [0.5, 0.6) is 0 Å². The van der Waals surface area contributed by atoms with Crippen LogP contribution in [0.15, 0.2) is 73.3 Å². The fourth-order valence-corrected chi connectivity index (χ4v) is 4.14. The monoisotopic (exact) mass is 469 g/mol. The fraction of sp³-hybridized carbons (Fsp3) is 0.320. The van der Waals surface area contributed by atoms with Crippen LogP contribution in [0.1, 0.15) is 27.6 Å². The van der Waals surface area contributed by atoms with Gasteiger partial charge in [-0.1, -0.05) is 66.7 Å². The van der Waals surface area contributed by atoms with E-state index in [1.165, 1.54) is 54.6 Å². The normalized spacial score (nSPS) is 28.6. The number of ketones is 2. The maximum Gasteiger partial charge on any atom is 0.217 e. The van der Waals surface area contributed by atoms with Gasteiger partial charge < -0.3 is 30.1 Å². The largest absolute Gasteiger partial charge is 0.394 e. The molecule has 0 bridgehead atoms. The Morgan fingerprint density at radius 2 is 1.50 bits per heavy atom. The first kappa shape index (κ1) is 25.4. The lowest BCUT2D eigenvalue weighted by molar-refractivity contribution is -0.304. The van der Waals surface area contributed by atoms with E-state index in [2.05, 4.69) is 11.9 Å². The van der Waals surface area contributed by atoms with E-state index in [0.717, 1.165) is 6.92 Å². The number of ether oxygens (including phenoxy) is 2. The molecule has 2 aromatic carbocycles. The number of carbonyl (C=O) groups is 3. The SMILES string of the molecule is C=CCO[C@H]1O[C@H](CO)[C@](O)(C(=O)c2ccccc2)[C@@](O)(C(=O)c2ccccc2)[C@@H]1NC(C)=O. The van der Waals surface area contributed by atoms with Gasteiger partial charge in [-0.3, -0.25) is 14.4 Å². The van der Waals surface area contributed by atoms with E-state index >= 15 is 0 Å². The molecule has 3 rings (SSSR count). The van der Waals surface area contributed by atoms with Crippen molar-refractivity contribution >= 4 is 17.5 Å². The molecule has 1 heterocycles. The summed E-state index contributed by atoms with van der Waals surface area (Å²) in [5, 5.41) is 36.5. The number of aliphatic hydroxyl groups excluding tert-OH is 1. The molecular formula is C25H27NO8. The Balaban J connectivity index is 2.29. The second-order valence-electron chi connectivity index (χ2n) is 7.90. The highest BCUT2D eigenvalue weighted by atomic mass is 16.7. The van der Waals surface area contributed by atoms with Gasteiger partial charge >= 0.3 is 0 Å². The summed E-state index contributed by atoms with van der Waals surface area (Å²) in [6, 6.07) is 13.3. The van der Waals surface area contributed by atoms with Crippen LogP contribution in [0.25, 0.3) is 0 Å². The molecule has 0 radical (unpaired) electrons. The molecule has 0 aromatic heterocycles. The Hall–Kier alpha value is -3.21. The Morgan fingerprint density at radius 1 is 1.00 bits per heavy atom. The Morgan fingerprint density at radius 3 is 1.94 bits per heavy atom. The van der Waals surface area contributed by atoms with Crippen molar-refractivity contribution in [2.75, 3.05) is 13.2 Å². The summed E-state index contributed by atoms with van der Waals surface area (Å²) in [5.74, 6) is -2.82. The Bertz CT molecular complexity index is 1040. The van der Waals surface area contributed by atoms with E-state index in [-0.39, 0.29) is 17.7 Å². The minimum absolute atomic E-state index is 0.0410. The average Bonchev–Trinajstić information content (AvgIpc) is 2.86. The summed E-state index contributed by atoms with van der Waals surface area (Å²) in [6.07, 6.45) is -1.92. The number of Topliss-reactive ketones (excluding diaryl/α,β-unsaturated/α-hetero) is 2. The zero-order valence-corrected chi connectivity index (χ0v) is 18.6. The molecule has 1 aliphatic rings. The highest BCUT2D eigenvalue weighted by Crippen LogP contribution is 2.43. The minimum Gasteiger partial charge on any atom is -0.394 e. The van der Waals surface area contributed by atoms with E-state index < -0.39 is 53.7 Å². The first-order valence-corrected chi connectivity index (χ1v) is 10.6. The molecule has 1 amide bonds. The highest BCUT2D eigenvalue weighted by Gasteiger charge is 2.72. The molecule has 1 saturated heterocycles. The Labute approximate surface area is 196 Å². The third-order valence-corrected chi connectivity index (χ3v) is 5.73. The number of hydrogen-bond acceptors (Lipinski definition) is 8. The smallest absolute Gasteiger partial charge is 0.217 e. The molecule has 180 valence electrons. The molecule has 5 atom stereocenters. The van der Waals surface area contributed by atoms with E-state index in [4.69, 9.17) is 9.47 Å². The van der Waals surface area contributed by atoms with Crippen molar-refractivity contribution in [2.45, 2.75) is 36.6 Å². The molecule has 4 N–H and O–H groups in total. The van der Waals surface area contributed by atoms with Gasteiger partial charge in [0.1, 0.15) is 12.1 Å². The maximum absolute atomic E-state index is 13.8. The maximum atomic E-state index is 13.8. The highest BCUT2D eigenvalue weighted by molar-refractivity contribution is 6.13. The van der Waals surface area contributed by atoms with Crippen LogP contribution in [0.4, 0.5) is 0 Å². The van der Waals surface area contributed by atoms with Crippen molar-refractivity contribution in [3.8, 4) is 0 Å². The summed E-state index contributed by atoms with van der Waals surface area (Å²) in [5.41, 5.74) is -6.08. The van der Waals surface area contributed by atoms with Gasteiger partial charge in [0, 0.05) is 18.1 Å². The lowest BCUT2D eigenvalue weighted by Crippen LogP contribution is -2.83. The van der Waals surface area contributed by atoms with Crippen LogP contribution >= 0.6 is 0 Å². The summed E-state index contributed by atoms with van der Waals surface area (Å²) in [6.45, 7) is 3.61. The third-order valence-electron chi connectivity index (χ3n) is 5.73. The summed E-state index contributed by atoms with van der Waals surface area (Å²) in [4.78, 5) is 39.6. The molecule has 0 saturated carbocycles. The zero-order valence-electron chi connectivity index (χ0n) is 18.6. The molecule has 1 aliphatic heterocycles. The number of nitrogens with one attached hydrogen (secondary N) is 1. The molecule has 9 heteroatoms. The summed E-state index contributed by atoms with van der Waals surface area (Å²) < 4.78 is 11.2. The number of hydrogen-bond donors (Lipinski definition) is 4. The van der Waals surface area contributed by atoms with E-state index in [1.54, 1.807) is 12.1 Å². The van der Waals surface area contributed by atoms with Crippen molar-refractivity contribution < 1.29 is 39.2 Å². The molecule has 0 unspecified atom stereocenters. The lowest BCUT2D eigenvalue weighted by atomic mass is 9.64. The van der Waals surface area contributed by atoms with Crippen molar-refractivity contribution in [1.82, 2.24) is 5.32 Å². The predicted octanol–water partition coefficient (Wildman–Crippen LogP) is 0.639. The number of benzene rings is 2. The first-order valence-electron chi connectivity index (χ1n) is 10.6. The van der Waals surface area contributed by atoms with Gasteiger partial charge in [-0.15, -0.1) is 6.58 Å². The van der Waals surface area contributed by atoms with Crippen LogP contribution in [0, 0.1) is 0 Å². The zero-order chi connectivity index (χ0) is 24.9. The van der Waals surface area contributed by atoms with Gasteiger partial charge in [0.25, 0.3) is 0 Å². The standard InChI is InChI=1S/C25H27NO8/c1-3-14-33-23-20(26-16(2)28)25(32,22(30)18-12-8-5-9-13-18)24(31,19(15-27)34-23)21(29)17-10-6-4-7-11-17/h3-13,19-20,23,27,31-32H,1,14-15H2,2H3,(H,26,28)/t19-,20-,23+,24+,25+/m1/s1. The first-order chi connectivity index (χ1) is 16.2. The average molecular weight is 469 g/mol. The summed E-state index contributed by atoms with van der Waals surface area (Å²) >= 11 is 0. The summed E-state index contributed by atoms with van der Waals surface area (Å²) in [7, 11) is 0. The number of rotatable bonds is 9. The quantitative estimate of drug-likeness (QED) is 0.310. The van der Waals surface area contributed by atoms with Crippen LogP contribution in [-0.2, 0) is 14.3 Å². The molecule has 1 fully saturated rings. The molecular weight excluding hydrogens is 442 g/mol. The predicted molar refractivity (Wildman–Crippen MR) is 121 cm³/mol. The van der Waals surface area contributed by atoms with Crippen molar-refractivity contribution in [1.29, 1.82) is 0 Å². The molecule has 0 spiro atoms. The van der Waals surface area contributed by atoms with Crippen LogP contribution in [0.2, 0.25) is 0 Å². The van der Waals surface area contributed by atoms with Gasteiger partial charge in [-0.2, -0.15) is 0 Å². The lowest BCUT2D eigenvalue weighted by Gasteiger charge is -2.54. The van der Waals surface area contributed by atoms with Crippen LogP contribution < -0.4 is 5.32 Å². The second-order valence-corrected chi connectivity index (χ2v) is 7.90. The number of amides is 1. The van der Waals surface area contributed by atoms with Crippen LogP contribution in [-0.4, -0.2) is 75.6 Å². The fourth-order valence-electron chi connectivity index (χ4n) is 4.14. The Kier molecular flexibility index (Phi) is 7.75. The van der Waals surface area contributed by atoms with E-state index in [9.17, 15) is 29.7 Å².